The number of nitrogens with zero attached hydrogens (tertiary/aromatic N) is 1. The summed E-state index contributed by atoms with van der Waals surface area (Å²) in [6, 6.07) is 5.87. The maximum absolute atomic E-state index is 10.1. The Morgan fingerprint density at radius 3 is 2.35 bits per heavy atom. The maximum Gasteiger partial charge on any atom is 0.124 e. The number of phenols is 1. The molecule has 0 radical (unpaired) electrons. The normalized spacial score (nSPS) is 17.9. The number of hydrogen-bond acceptors (Lipinski definition) is 3. The van der Waals surface area contributed by atoms with Gasteiger partial charge in [0.05, 0.1) is 0 Å². The standard InChI is InChI=1S/C14H22N2O/c15-10-12-6-5-7-13(14(12)17)11-16-8-3-1-2-4-9-16/h5-7,17H,1-4,8-11,15H2. The van der Waals surface area contributed by atoms with Gasteiger partial charge in [0.15, 0.2) is 0 Å². The zero-order chi connectivity index (χ0) is 12.1. The molecule has 3 heteroatoms. The fraction of sp³-hybridized carbons (Fsp3) is 0.571. The van der Waals surface area contributed by atoms with E-state index in [-0.39, 0.29) is 0 Å². The fourth-order valence-corrected chi connectivity index (χ4v) is 2.47. The number of aromatic hydroxyl groups is 1. The van der Waals surface area contributed by atoms with Crippen LogP contribution in [0.15, 0.2) is 18.2 Å². The first-order valence-corrected chi connectivity index (χ1v) is 6.53. The smallest absolute Gasteiger partial charge is 0.124 e. The van der Waals surface area contributed by atoms with Crippen molar-refractivity contribution in [2.45, 2.75) is 38.8 Å². The van der Waals surface area contributed by atoms with Gasteiger partial charge in [0.25, 0.3) is 0 Å². The molecule has 2 rings (SSSR count). The Balaban J connectivity index is 2.06. The third kappa shape index (κ3) is 3.20. The third-order valence-electron chi connectivity index (χ3n) is 3.52. The number of hydrogen-bond donors (Lipinski definition) is 2. The number of benzene rings is 1. The molecule has 3 nitrogen and oxygen atoms in total. The molecule has 0 unspecified atom stereocenters. The fourth-order valence-electron chi connectivity index (χ4n) is 2.47. The topological polar surface area (TPSA) is 49.5 Å². The molecule has 0 saturated carbocycles. The van der Waals surface area contributed by atoms with Crippen LogP contribution in [0.4, 0.5) is 0 Å². The second-order valence-corrected chi connectivity index (χ2v) is 4.82. The average Bonchev–Trinajstić information content (AvgIpc) is 2.60. The Bertz CT molecular complexity index is 357. The van der Waals surface area contributed by atoms with Crippen LogP contribution in [0, 0.1) is 0 Å². The van der Waals surface area contributed by atoms with Gasteiger partial charge in [-0.05, 0) is 25.9 Å². The van der Waals surface area contributed by atoms with Gasteiger partial charge in [-0.2, -0.15) is 0 Å². The van der Waals surface area contributed by atoms with Gasteiger partial charge < -0.3 is 10.8 Å². The Morgan fingerprint density at radius 2 is 1.71 bits per heavy atom. The molecule has 0 aromatic heterocycles. The quantitative estimate of drug-likeness (QED) is 0.843. The summed E-state index contributed by atoms with van der Waals surface area (Å²) in [6.07, 6.45) is 5.23. The van der Waals surface area contributed by atoms with Gasteiger partial charge in [-0.1, -0.05) is 31.0 Å². The van der Waals surface area contributed by atoms with Crippen molar-refractivity contribution in [3.8, 4) is 5.75 Å². The van der Waals surface area contributed by atoms with Crippen LogP contribution in [0.1, 0.15) is 36.8 Å². The van der Waals surface area contributed by atoms with Crippen molar-refractivity contribution in [2.75, 3.05) is 13.1 Å². The van der Waals surface area contributed by atoms with E-state index in [2.05, 4.69) is 4.90 Å². The minimum absolute atomic E-state index is 0.388. The van der Waals surface area contributed by atoms with Gasteiger partial charge in [0.1, 0.15) is 5.75 Å². The van der Waals surface area contributed by atoms with E-state index in [1.807, 2.05) is 18.2 Å². The highest BCUT2D eigenvalue weighted by molar-refractivity contribution is 5.40. The number of rotatable bonds is 3. The molecule has 1 saturated heterocycles. The highest BCUT2D eigenvalue weighted by atomic mass is 16.3. The van der Waals surface area contributed by atoms with E-state index in [0.717, 1.165) is 30.8 Å². The second-order valence-electron chi connectivity index (χ2n) is 4.82. The monoisotopic (exact) mass is 234 g/mol. The van der Waals surface area contributed by atoms with E-state index < -0.39 is 0 Å². The van der Waals surface area contributed by atoms with Gasteiger partial charge in [-0.25, -0.2) is 0 Å². The maximum atomic E-state index is 10.1. The van der Waals surface area contributed by atoms with Crippen LogP contribution >= 0.6 is 0 Å². The summed E-state index contributed by atoms with van der Waals surface area (Å²) in [4.78, 5) is 2.43. The molecule has 17 heavy (non-hydrogen) atoms. The average molecular weight is 234 g/mol. The van der Waals surface area contributed by atoms with E-state index in [0.29, 0.717) is 12.3 Å². The summed E-state index contributed by atoms with van der Waals surface area (Å²) in [7, 11) is 0. The van der Waals surface area contributed by atoms with Crippen molar-refractivity contribution in [1.82, 2.24) is 4.90 Å². The largest absolute Gasteiger partial charge is 0.507 e. The Hall–Kier alpha value is -1.06. The summed E-state index contributed by atoms with van der Waals surface area (Å²) in [5.41, 5.74) is 7.46. The van der Waals surface area contributed by atoms with Gasteiger partial charge in [0, 0.05) is 24.2 Å². The first-order chi connectivity index (χ1) is 8.31. The molecule has 3 N–H and O–H groups in total. The molecule has 1 heterocycles. The highest BCUT2D eigenvalue weighted by Gasteiger charge is 2.12. The van der Waals surface area contributed by atoms with Crippen molar-refractivity contribution >= 4 is 0 Å². The molecule has 0 spiro atoms. The van der Waals surface area contributed by atoms with Crippen LogP contribution in [0.5, 0.6) is 5.75 Å². The van der Waals surface area contributed by atoms with Crippen LogP contribution in [0.3, 0.4) is 0 Å². The second kappa shape index (κ2) is 6.03. The number of likely N-dealkylation sites (tertiary alicyclic amines) is 1. The van der Waals surface area contributed by atoms with Gasteiger partial charge in [-0.3, -0.25) is 4.90 Å². The molecule has 0 atom stereocenters. The molecular weight excluding hydrogens is 212 g/mol. The van der Waals surface area contributed by atoms with Crippen LogP contribution in [0.25, 0.3) is 0 Å². The highest BCUT2D eigenvalue weighted by Crippen LogP contribution is 2.24. The van der Waals surface area contributed by atoms with E-state index in [1.165, 1.54) is 25.7 Å². The molecule has 1 aromatic carbocycles. The van der Waals surface area contributed by atoms with E-state index >= 15 is 0 Å². The van der Waals surface area contributed by atoms with Gasteiger partial charge in [0.2, 0.25) is 0 Å². The zero-order valence-corrected chi connectivity index (χ0v) is 10.4. The van der Waals surface area contributed by atoms with Crippen molar-refractivity contribution in [3.63, 3.8) is 0 Å². The lowest BCUT2D eigenvalue weighted by Crippen LogP contribution is -2.24. The molecule has 1 aromatic rings. The predicted molar refractivity (Wildman–Crippen MR) is 69.7 cm³/mol. The van der Waals surface area contributed by atoms with Gasteiger partial charge >= 0.3 is 0 Å². The van der Waals surface area contributed by atoms with Crippen molar-refractivity contribution < 1.29 is 5.11 Å². The summed E-state index contributed by atoms with van der Waals surface area (Å²) < 4.78 is 0. The molecule has 0 aliphatic carbocycles. The molecule has 0 amide bonds. The van der Waals surface area contributed by atoms with Crippen LogP contribution in [-0.2, 0) is 13.1 Å². The zero-order valence-electron chi connectivity index (χ0n) is 10.4. The first-order valence-electron chi connectivity index (χ1n) is 6.53. The van der Waals surface area contributed by atoms with Crippen molar-refractivity contribution in [1.29, 1.82) is 0 Å². The number of nitrogens with two attached hydrogens (primary N) is 1. The Kier molecular flexibility index (Phi) is 4.40. The van der Waals surface area contributed by atoms with Crippen LogP contribution < -0.4 is 5.73 Å². The lowest BCUT2D eigenvalue weighted by molar-refractivity contribution is 0.272. The number of phenolic OH excluding ortho intramolecular Hbond substituents is 1. The van der Waals surface area contributed by atoms with Crippen molar-refractivity contribution in [2.24, 2.45) is 5.73 Å². The Labute approximate surface area is 103 Å². The Morgan fingerprint density at radius 1 is 1.06 bits per heavy atom. The van der Waals surface area contributed by atoms with Crippen molar-refractivity contribution in [3.05, 3.63) is 29.3 Å². The van der Waals surface area contributed by atoms with E-state index in [9.17, 15) is 5.11 Å². The van der Waals surface area contributed by atoms with Gasteiger partial charge in [-0.15, -0.1) is 0 Å². The minimum Gasteiger partial charge on any atom is -0.507 e. The molecule has 1 aliphatic rings. The first kappa shape index (κ1) is 12.4. The third-order valence-corrected chi connectivity index (χ3v) is 3.52. The molecule has 0 bridgehead atoms. The van der Waals surface area contributed by atoms with Crippen LogP contribution in [0.2, 0.25) is 0 Å². The molecule has 1 aliphatic heterocycles. The molecule has 94 valence electrons. The van der Waals surface area contributed by atoms with Crippen LogP contribution in [-0.4, -0.2) is 23.1 Å². The lowest BCUT2D eigenvalue weighted by Gasteiger charge is -2.20. The summed E-state index contributed by atoms with van der Waals surface area (Å²) in [5.74, 6) is 0.388. The number of para-hydroxylation sites is 1. The van der Waals surface area contributed by atoms with E-state index in [1.54, 1.807) is 0 Å². The minimum atomic E-state index is 0.388. The lowest BCUT2D eigenvalue weighted by atomic mass is 10.1. The summed E-state index contributed by atoms with van der Waals surface area (Å²) in [5, 5.41) is 10.1. The van der Waals surface area contributed by atoms with E-state index in [4.69, 9.17) is 5.73 Å². The summed E-state index contributed by atoms with van der Waals surface area (Å²) >= 11 is 0. The molecule has 1 fully saturated rings. The SMILES string of the molecule is NCc1cccc(CN2CCCCCC2)c1O. The predicted octanol–water partition coefficient (Wildman–Crippen LogP) is 2.23. The summed E-state index contributed by atoms with van der Waals surface area (Å²) in [6.45, 7) is 3.54. The molecular formula is C14H22N2O.